The second-order valence-electron chi connectivity index (χ2n) is 5.68. The second-order valence-corrected chi connectivity index (χ2v) is 5.68. The first-order valence-corrected chi connectivity index (χ1v) is 7.28. The molecule has 2 rings (SSSR count). The smallest absolute Gasteiger partial charge is 0.292 e. The van der Waals surface area contributed by atoms with Gasteiger partial charge in [-0.2, -0.15) is 0 Å². The van der Waals surface area contributed by atoms with Gasteiger partial charge in [-0.1, -0.05) is 19.8 Å². The minimum absolute atomic E-state index is 0.0275. The van der Waals surface area contributed by atoms with Gasteiger partial charge in [-0.15, -0.1) is 0 Å². The summed E-state index contributed by atoms with van der Waals surface area (Å²) in [4.78, 5) is 22.7. The van der Waals surface area contributed by atoms with E-state index in [4.69, 9.17) is 0 Å². The summed E-state index contributed by atoms with van der Waals surface area (Å²) in [6.45, 7) is 2.20. The van der Waals surface area contributed by atoms with Crippen LogP contribution in [0, 0.1) is 16.0 Å². The number of carbonyl (C=O) groups excluding carboxylic acids is 1. The first-order chi connectivity index (χ1) is 10.0. The second kappa shape index (κ2) is 6.56. The van der Waals surface area contributed by atoms with Crippen LogP contribution < -0.4 is 10.6 Å². The number of hydrogen-bond acceptors (Lipinski definition) is 4. The molecule has 6 heteroatoms. The Labute approximate surface area is 124 Å². The van der Waals surface area contributed by atoms with Crippen molar-refractivity contribution in [2.75, 3.05) is 12.4 Å². The van der Waals surface area contributed by atoms with Gasteiger partial charge in [0, 0.05) is 24.7 Å². The molecular formula is C15H21N3O3. The topological polar surface area (TPSA) is 84.3 Å². The van der Waals surface area contributed by atoms with Gasteiger partial charge in [-0.3, -0.25) is 14.9 Å². The summed E-state index contributed by atoms with van der Waals surface area (Å²) in [6.07, 6.45) is 4.35. The zero-order chi connectivity index (χ0) is 15.4. The van der Waals surface area contributed by atoms with Crippen molar-refractivity contribution >= 4 is 17.3 Å². The van der Waals surface area contributed by atoms with Crippen molar-refractivity contribution < 1.29 is 9.72 Å². The predicted molar refractivity (Wildman–Crippen MR) is 81.5 cm³/mol. The summed E-state index contributed by atoms with van der Waals surface area (Å²) in [5, 5.41) is 16.7. The molecule has 1 fully saturated rings. The third kappa shape index (κ3) is 3.71. The Hall–Kier alpha value is -2.11. The molecule has 1 aromatic rings. The maximum Gasteiger partial charge on any atom is 0.292 e. The number of nitro benzene ring substituents is 1. The Balaban J connectivity index is 2.10. The molecule has 0 aliphatic heterocycles. The first-order valence-electron chi connectivity index (χ1n) is 7.28. The summed E-state index contributed by atoms with van der Waals surface area (Å²) in [5.41, 5.74) is 0.771. The molecule has 0 bridgehead atoms. The molecular weight excluding hydrogens is 270 g/mol. The van der Waals surface area contributed by atoms with Gasteiger partial charge in [0.25, 0.3) is 11.6 Å². The molecule has 114 valence electrons. The zero-order valence-electron chi connectivity index (χ0n) is 12.4. The fourth-order valence-electron chi connectivity index (χ4n) is 2.87. The molecule has 0 saturated heterocycles. The largest absolute Gasteiger partial charge is 0.383 e. The van der Waals surface area contributed by atoms with Gasteiger partial charge in [0.2, 0.25) is 0 Å². The van der Waals surface area contributed by atoms with Gasteiger partial charge in [-0.25, -0.2) is 0 Å². The number of nitrogens with one attached hydrogen (secondary N) is 2. The lowest BCUT2D eigenvalue weighted by Crippen LogP contribution is -2.38. The van der Waals surface area contributed by atoms with Crippen molar-refractivity contribution in [2.24, 2.45) is 5.92 Å². The minimum atomic E-state index is -0.462. The molecule has 6 nitrogen and oxygen atoms in total. The molecule has 2 N–H and O–H groups in total. The third-order valence-corrected chi connectivity index (χ3v) is 4.00. The standard InChI is InChI=1S/C15H21N3O3/c1-10-4-3-5-12(8-10)17-15(19)11-6-7-14(18(20)21)13(9-11)16-2/h6-7,9-10,12,16H,3-5,8H2,1-2H3,(H,17,19). The van der Waals surface area contributed by atoms with Crippen molar-refractivity contribution in [2.45, 2.75) is 38.6 Å². The summed E-state index contributed by atoms with van der Waals surface area (Å²) >= 11 is 0. The fraction of sp³-hybridized carbons (Fsp3) is 0.533. The summed E-state index contributed by atoms with van der Waals surface area (Å²) in [7, 11) is 1.60. The van der Waals surface area contributed by atoms with Crippen LogP contribution in [0.5, 0.6) is 0 Å². The lowest BCUT2D eigenvalue weighted by atomic mass is 9.87. The van der Waals surface area contributed by atoms with E-state index in [1.807, 2.05) is 0 Å². The molecule has 1 aromatic carbocycles. The third-order valence-electron chi connectivity index (χ3n) is 4.00. The van der Waals surface area contributed by atoms with E-state index in [0.29, 0.717) is 17.2 Å². The number of anilines is 1. The quantitative estimate of drug-likeness (QED) is 0.660. The van der Waals surface area contributed by atoms with Crippen LogP contribution >= 0.6 is 0 Å². The van der Waals surface area contributed by atoms with E-state index < -0.39 is 4.92 Å². The molecule has 1 amide bonds. The normalized spacial score (nSPS) is 21.6. The van der Waals surface area contributed by atoms with E-state index in [-0.39, 0.29) is 17.6 Å². The molecule has 2 unspecified atom stereocenters. The van der Waals surface area contributed by atoms with Crippen LogP contribution in [0.1, 0.15) is 43.0 Å². The van der Waals surface area contributed by atoms with Crippen LogP contribution in [0.3, 0.4) is 0 Å². The highest BCUT2D eigenvalue weighted by molar-refractivity contribution is 5.96. The van der Waals surface area contributed by atoms with Crippen molar-refractivity contribution in [3.63, 3.8) is 0 Å². The number of nitrogens with zero attached hydrogens (tertiary/aromatic N) is 1. The Morgan fingerprint density at radius 3 is 2.76 bits per heavy atom. The summed E-state index contributed by atoms with van der Waals surface area (Å²) in [5.74, 6) is 0.467. The number of hydrogen-bond donors (Lipinski definition) is 2. The number of carbonyl (C=O) groups is 1. The van der Waals surface area contributed by atoms with Crippen LogP contribution in [-0.4, -0.2) is 23.9 Å². The molecule has 0 aromatic heterocycles. The molecule has 2 atom stereocenters. The molecule has 1 aliphatic rings. The molecule has 0 radical (unpaired) electrons. The maximum atomic E-state index is 12.3. The summed E-state index contributed by atoms with van der Waals surface area (Å²) in [6, 6.07) is 4.60. The van der Waals surface area contributed by atoms with E-state index in [0.717, 1.165) is 19.3 Å². The minimum Gasteiger partial charge on any atom is -0.383 e. The Morgan fingerprint density at radius 1 is 1.38 bits per heavy atom. The number of nitro groups is 1. The van der Waals surface area contributed by atoms with Crippen LogP contribution in [0.15, 0.2) is 18.2 Å². The van der Waals surface area contributed by atoms with E-state index in [9.17, 15) is 14.9 Å². The Morgan fingerprint density at radius 2 is 2.14 bits per heavy atom. The van der Waals surface area contributed by atoms with Crippen molar-refractivity contribution in [1.29, 1.82) is 0 Å². The highest BCUT2D eigenvalue weighted by atomic mass is 16.6. The van der Waals surface area contributed by atoms with Gasteiger partial charge in [0.1, 0.15) is 5.69 Å². The highest BCUT2D eigenvalue weighted by Crippen LogP contribution is 2.26. The maximum absolute atomic E-state index is 12.3. The van der Waals surface area contributed by atoms with E-state index in [1.54, 1.807) is 7.05 Å². The molecule has 1 saturated carbocycles. The Bertz CT molecular complexity index is 545. The average Bonchev–Trinajstić information content (AvgIpc) is 2.46. The van der Waals surface area contributed by atoms with Crippen molar-refractivity contribution in [1.82, 2.24) is 5.32 Å². The van der Waals surface area contributed by atoms with E-state index in [2.05, 4.69) is 17.6 Å². The summed E-state index contributed by atoms with van der Waals surface area (Å²) < 4.78 is 0. The van der Waals surface area contributed by atoms with Crippen LogP contribution in [0.4, 0.5) is 11.4 Å². The monoisotopic (exact) mass is 291 g/mol. The number of benzene rings is 1. The van der Waals surface area contributed by atoms with Crippen LogP contribution in [-0.2, 0) is 0 Å². The van der Waals surface area contributed by atoms with E-state index in [1.165, 1.54) is 24.6 Å². The van der Waals surface area contributed by atoms with Gasteiger partial charge in [0.15, 0.2) is 0 Å². The highest BCUT2D eigenvalue weighted by Gasteiger charge is 2.22. The molecule has 0 spiro atoms. The Kier molecular flexibility index (Phi) is 4.77. The van der Waals surface area contributed by atoms with Gasteiger partial charge < -0.3 is 10.6 Å². The zero-order valence-corrected chi connectivity index (χ0v) is 12.4. The van der Waals surface area contributed by atoms with Gasteiger partial charge >= 0.3 is 0 Å². The molecule has 21 heavy (non-hydrogen) atoms. The molecule has 1 aliphatic carbocycles. The predicted octanol–water partition coefficient (Wildman–Crippen LogP) is 2.95. The van der Waals surface area contributed by atoms with Crippen molar-refractivity contribution in [3.05, 3.63) is 33.9 Å². The van der Waals surface area contributed by atoms with Gasteiger partial charge in [0.05, 0.1) is 4.92 Å². The molecule has 0 heterocycles. The lowest BCUT2D eigenvalue weighted by Gasteiger charge is -2.27. The van der Waals surface area contributed by atoms with Crippen molar-refractivity contribution in [3.8, 4) is 0 Å². The lowest BCUT2D eigenvalue weighted by molar-refractivity contribution is -0.383. The van der Waals surface area contributed by atoms with Gasteiger partial charge in [-0.05, 0) is 30.9 Å². The van der Waals surface area contributed by atoms with Crippen LogP contribution in [0.25, 0.3) is 0 Å². The SMILES string of the molecule is CNc1cc(C(=O)NC2CCCC(C)C2)ccc1[N+](=O)[O-]. The first kappa shape index (κ1) is 15.3. The fourth-order valence-corrected chi connectivity index (χ4v) is 2.87. The van der Waals surface area contributed by atoms with Crippen LogP contribution in [0.2, 0.25) is 0 Å². The number of amides is 1. The number of rotatable bonds is 4. The average molecular weight is 291 g/mol. The van der Waals surface area contributed by atoms with E-state index >= 15 is 0 Å².